The van der Waals surface area contributed by atoms with E-state index in [1.807, 2.05) is 0 Å². The van der Waals surface area contributed by atoms with Gasteiger partial charge in [-0.25, -0.2) is 8.78 Å². The van der Waals surface area contributed by atoms with Gasteiger partial charge in [-0.15, -0.1) is 0 Å². The van der Waals surface area contributed by atoms with Crippen LogP contribution in [0.15, 0.2) is 10.9 Å². The molecule has 0 saturated carbocycles. The average molecular weight is 286 g/mol. The summed E-state index contributed by atoms with van der Waals surface area (Å²) in [6.07, 6.45) is -2.67. The third-order valence-electron chi connectivity index (χ3n) is 1.27. The molecule has 0 aliphatic rings. The molecular formula is C6H5F2IN2O. The summed E-state index contributed by atoms with van der Waals surface area (Å²) in [5.41, 5.74) is 4.33. The number of nitrogens with two attached hydrogens (primary N) is 1. The fourth-order valence-corrected chi connectivity index (χ4v) is 1.27. The Hall–Kier alpha value is -0.660. The highest BCUT2D eigenvalue weighted by molar-refractivity contribution is 14.1. The minimum Gasteiger partial charge on any atom is -0.384 e. The van der Waals surface area contributed by atoms with Crippen LogP contribution < -0.4 is 11.3 Å². The number of anilines is 1. The number of pyridine rings is 1. The molecule has 0 bridgehead atoms. The van der Waals surface area contributed by atoms with Gasteiger partial charge in [0.2, 0.25) is 5.56 Å². The second-order valence-corrected chi connectivity index (χ2v) is 3.20. The summed E-state index contributed by atoms with van der Waals surface area (Å²) in [5.74, 6) is -0.0154. The van der Waals surface area contributed by atoms with Gasteiger partial charge < -0.3 is 10.7 Å². The van der Waals surface area contributed by atoms with Crippen molar-refractivity contribution in [3.8, 4) is 0 Å². The van der Waals surface area contributed by atoms with E-state index in [2.05, 4.69) is 4.98 Å². The summed E-state index contributed by atoms with van der Waals surface area (Å²) in [5, 5.41) is 0. The zero-order chi connectivity index (χ0) is 9.30. The Balaban J connectivity index is 3.38. The molecule has 0 amide bonds. The number of H-pyrrole nitrogens is 1. The number of nitrogen functional groups attached to an aromatic ring is 1. The summed E-state index contributed by atoms with van der Waals surface area (Å²) < 4.78 is 24.5. The molecule has 3 nitrogen and oxygen atoms in total. The third kappa shape index (κ3) is 1.74. The maximum Gasteiger partial charge on any atom is 0.265 e. The van der Waals surface area contributed by atoms with Crippen molar-refractivity contribution in [2.24, 2.45) is 0 Å². The summed E-state index contributed by atoms with van der Waals surface area (Å²) in [6.45, 7) is 0. The average Bonchev–Trinajstić information content (AvgIpc) is 1.96. The highest BCUT2D eigenvalue weighted by atomic mass is 127. The van der Waals surface area contributed by atoms with Crippen LogP contribution in [0.1, 0.15) is 12.0 Å². The molecule has 0 aromatic carbocycles. The number of nitrogens with one attached hydrogen (secondary N) is 1. The molecule has 0 spiro atoms. The Bertz CT molecular complexity index is 350. The lowest BCUT2D eigenvalue weighted by molar-refractivity contribution is 0.150. The molecule has 0 saturated heterocycles. The van der Waals surface area contributed by atoms with Gasteiger partial charge in [0.1, 0.15) is 5.82 Å². The summed E-state index contributed by atoms with van der Waals surface area (Å²) >= 11 is 1.66. The van der Waals surface area contributed by atoms with Crippen molar-refractivity contribution < 1.29 is 8.78 Å². The van der Waals surface area contributed by atoms with Gasteiger partial charge in [0.25, 0.3) is 6.43 Å². The first-order valence-corrected chi connectivity index (χ1v) is 4.06. The first kappa shape index (κ1) is 9.43. The van der Waals surface area contributed by atoms with Crippen molar-refractivity contribution in [3.05, 3.63) is 25.6 Å². The molecule has 12 heavy (non-hydrogen) atoms. The van der Waals surface area contributed by atoms with Crippen molar-refractivity contribution in [2.75, 3.05) is 5.73 Å². The van der Waals surface area contributed by atoms with Gasteiger partial charge in [-0.1, -0.05) is 0 Å². The lowest BCUT2D eigenvalue weighted by Gasteiger charge is -2.03. The summed E-state index contributed by atoms with van der Waals surface area (Å²) in [7, 11) is 0. The Morgan fingerprint density at radius 1 is 1.58 bits per heavy atom. The van der Waals surface area contributed by atoms with Crippen LogP contribution in [0.2, 0.25) is 0 Å². The molecule has 0 radical (unpaired) electrons. The van der Waals surface area contributed by atoms with E-state index in [0.717, 1.165) is 6.07 Å². The van der Waals surface area contributed by atoms with Gasteiger partial charge in [0.05, 0.1) is 3.57 Å². The van der Waals surface area contributed by atoms with Crippen molar-refractivity contribution in [2.45, 2.75) is 6.43 Å². The van der Waals surface area contributed by atoms with Gasteiger partial charge >= 0.3 is 0 Å². The second-order valence-electron chi connectivity index (χ2n) is 2.12. The highest BCUT2D eigenvalue weighted by Gasteiger charge is 2.14. The molecule has 1 rings (SSSR count). The lowest BCUT2D eigenvalue weighted by atomic mass is 10.3. The van der Waals surface area contributed by atoms with Crippen LogP contribution in [0.25, 0.3) is 0 Å². The minimum atomic E-state index is -2.67. The Morgan fingerprint density at radius 2 is 2.17 bits per heavy atom. The molecule has 1 heterocycles. The number of hydrogen-bond acceptors (Lipinski definition) is 2. The SMILES string of the molecule is Nc1[nH]c(=O)cc(C(F)F)c1I. The van der Waals surface area contributed by atoms with Crippen LogP contribution in [0, 0.1) is 3.57 Å². The number of aromatic nitrogens is 1. The molecule has 0 unspecified atom stereocenters. The maximum absolute atomic E-state index is 12.2. The van der Waals surface area contributed by atoms with Crippen LogP contribution in [0.3, 0.4) is 0 Å². The zero-order valence-electron chi connectivity index (χ0n) is 5.77. The first-order chi connectivity index (χ1) is 5.52. The van der Waals surface area contributed by atoms with Crippen molar-refractivity contribution in [1.82, 2.24) is 4.98 Å². The Morgan fingerprint density at radius 3 is 2.67 bits per heavy atom. The fourth-order valence-electron chi connectivity index (χ4n) is 0.743. The summed E-state index contributed by atoms with van der Waals surface area (Å²) in [4.78, 5) is 12.9. The van der Waals surface area contributed by atoms with E-state index < -0.39 is 12.0 Å². The molecule has 6 heteroatoms. The van der Waals surface area contributed by atoms with Crippen molar-refractivity contribution >= 4 is 28.4 Å². The van der Waals surface area contributed by atoms with E-state index in [4.69, 9.17) is 5.73 Å². The molecule has 3 N–H and O–H groups in total. The third-order valence-corrected chi connectivity index (χ3v) is 2.47. The van der Waals surface area contributed by atoms with Crippen molar-refractivity contribution in [1.29, 1.82) is 0 Å². The van der Waals surface area contributed by atoms with E-state index in [-0.39, 0.29) is 15.0 Å². The van der Waals surface area contributed by atoms with Gasteiger partial charge in [0.15, 0.2) is 0 Å². The number of aromatic amines is 1. The van der Waals surface area contributed by atoms with E-state index in [0.29, 0.717) is 0 Å². The molecule has 0 fully saturated rings. The number of halogens is 3. The van der Waals surface area contributed by atoms with Crippen molar-refractivity contribution in [3.63, 3.8) is 0 Å². The highest BCUT2D eigenvalue weighted by Crippen LogP contribution is 2.25. The van der Waals surface area contributed by atoms with Gasteiger partial charge in [-0.3, -0.25) is 4.79 Å². The van der Waals surface area contributed by atoms with E-state index >= 15 is 0 Å². The fraction of sp³-hybridized carbons (Fsp3) is 0.167. The van der Waals surface area contributed by atoms with Crippen LogP contribution in [-0.4, -0.2) is 4.98 Å². The normalized spacial score (nSPS) is 10.7. The van der Waals surface area contributed by atoms with Gasteiger partial charge in [-0.05, 0) is 22.6 Å². The second kappa shape index (κ2) is 3.38. The van der Waals surface area contributed by atoms with Crippen LogP contribution in [0.5, 0.6) is 0 Å². The maximum atomic E-state index is 12.2. The Kier molecular flexibility index (Phi) is 2.65. The van der Waals surface area contributed by atoms with Crippen LogP contribution in [0.4, 0.5) is 14.6 Å². The smallest absolute Gasteiger partial charge is 0.265 e. The molecule has 66 valence electrons. The van der Waals surface area contributed by atoms with E-state index in [1.54, 1.807) is 22.6 Å². The van der Waals surface area contributed by atoms with E-state index in [9.17, 15) is 13.6 Å². The molecular weight excluding hydrogens is 281 g/mol. The van der Waals surface area contributed by atoms with Gasteiger partial charge in [0, 0.05) is 11.6 Å². The minimum absolute atomic E-state index is 0.0154. The zero-order valence-corrected chi connectivity index (χ0v) is 7.93. The lowest BCUT2D eigenvalue weighted by Crippen LogP contribution is -2.12. The molecule has 1 aromatic rings. The largest absolute Gasteiger partial charge is 0.384 e. The van der Waals surface area contributed by atoms with Crippen LogP contribution >= 0.6 is 22.6 Å². The predicted octanol–water partition coefficient (Wildman–Crippen LogP) is 1.50. The molecule has 0 atom stereocenters. The van der Waals surface area contributed by atoms with E-state index in [1.165, 1.54) is 0 Å². The molecule has 1 aromatic heterocycles. The topological polar surface area (TPSA) is 58.9 Å². The molecule has 0 aliphatic heterocycles. The summed E-state index contributed by atoms with van der Waals surface area (Å²) in [6, 6.07) is 0.850. The standard InChI is InChI=1S/C6H5F2IN2O/c7-5(8)2-1-3(12)11-6(10)4(2)9/h1,5H,(H3,10,11,12). The first-order valence-electron chi connectivity index (χ1n) is 2.98. The predicted molar refractivity (Wildman–Crippen MR) is 49.1 cm³/mol. The van der Waals surface area contributed by atoms with Gasteiger partial charge in [-0.2, -0.15) is 0 Å². The number of hydrogen-bond donors (Lipinski definition) is 2. The molecule has 0 aliphatic carbocycles. The quantitative estimate of drug-likeness (QED) is 0.769. The number of rotatable bonds is 1. The number of alkyl halides is 2. The monoisotopic (exact) mass is 286 g/mol. The Labute approximate surface area is 80.1 Å². The van der Waals surface area contributed by atoms with Crippen LogP contribution in [-0.2, 0) is 0 Å².